The van der Waals surface area contributed by atoms with E-state index in [1.54, 1.807) is 12.4 Å². The van der Waals surface area contributed by atoms with Crippen LogP contribution < -0.4 is 17.0 Å². The molecule has 0 aliphatic heterocycles. The van der Waals surface area contributed by atoms with Crippen molar-refractivity contribution in [3.63, 3.8) is 0 Å². The lowest BCUT2D eigenvalue weighted by Crippen LogP contribution is -2.30. The van der Waals surface area contributed by atoms with E-state index in [0.29, 0.717) is 12.2 Å². The standard InChI is InChI=1S/C13H17N5/c1-9-4-6-16-8-11(9)12(18-15)7-10-3-2-5-17-13(10)14/h2-6,8,12,18H,7,15H2,1H3,(H2,14,17). The molecule has 0 bridgehead atoms. The summed E-state index contributed by atoms with van der Waals surface area (Å²) in [5.74, 6) is 6.17. The molecular formula is C13H17N5. The molecule has 94 valence electrons. The predicted octanol–water partition coefficient (Wildman–Crippen LogP) is 1.11. The molecule has 5 N–H and O–H groups in total. The van der Waals surface area contributed by atoms with Crippen LogP contribution in [-0.4, -0.2) is 9.97 Å². The summed E-state index contributed by atoms with van der Waals surface area (Å²) in [6.45, 7) is 2.04. The quantitative estimate of drug-likeness (QED) is 0.553. The third kappa shape index (κ3) is 2.64. The average Bonchev–Trinajstić information content (AvgIpc) is 2.39. The Morgan fingerprint density at radius 3 is 2.83 bits per heavy atom. The highest BCUT2D eigenvalue weighted by Crippen LogP contribution is 2.21. The lowest BCUT2D eigenvalue weighted by Gasteiger charge is -2.18. The molecule has 0 aliphatic carbocycles. The highest BCUT2D eigenvalue weighted by molar-refractivity contribution is 5.40. The Bertz CT molecular complexity index is 526. The average molecular weight is 243 g/mol. The molecule has 2 heterocycles. The molecule has 0 saturated heterocycles. The number of nitrogens with zero attached hydrogens (tertiary/aromatic N) is 2. The van der Waals surface area contributed by atoms with Crippen molar-refractivity contribution in [3.8, 4) is 0 Å². The number of nitrogen functional groups attached to an aromatic ring is 1. The summed E-state index contributed by atoms with van der Waals surface area (Å²) in [5.41, 5.74) is 11.9. The highest BCUT2D eigenvalue weighted by atomic mass is 15.2. The van der Waals surface area contributed by atoms with Crippen molar-refractivity contribution in [2.75, 3.05) is 5.73 Å². The van der Waals surface area contributed by atoms with Gasteiger partial charge < -0.3 is 5.73 Å². The summed E-state index contributed by atoms with van der Waals surface area (Å²) in [7, 11) is 0. The van der Waals surface area contributed by atoms with Gasteiger partial charge in [-0.05, 0) is 42.2 Å². The van der Waals surface area contributed by atoms with Crippen molar-refractivity contribution in [3.05, 3.63) is 53.5 Å². The van der Waals surface area contributed by atoms with E-state index < -0.39 is 0 Å². The van der Waals surface area contributed by atoms with Gasteiger partial charge in [-0.1, -0.05) is 6.07 Å². The Morgan fingerprint density at radius 1 is 1.33 bits per heavy atom. The first kappa shape index (κ1) is 12.5. The topological polar surface area (TPSA) is 89.8 Å². The lowest BCUT2D eigenvalue weighted by atomic mass is 9.98. The number of pyridine rings is 2. The van der Waals surface area contributed by atoms with Crippen LogP contribution in [0.4, 0.5) is 5.82 Å². The Morgan fingerprint density at radius 2 is 2.17 bits per heavy atom. The number of aromatic nitrogens is 2. The summed E-state index contributed by atoms with van der Waals surface area (Å²) in [4.78, 5) is 8.21. The van der Waals surface area contributed by atoms with Gasteiger partial charge in [-0.15, -0.1) is 0 Å². The van der Waals surface area contributed by atoms with Gasteiger partial charge >= 0.3 is 0 Å². The van der Waals surface area contributed by atoms with E-state index in [1.165, 1.54) is 0 Å². The summed E-state index contributed by atoms with van der Waals surface area (Å²) < 4.78 is 0. The lowest BCUT2D eigenvalue weighted by molar-refractivity contribution is 0.547. The van der Waals surface area contributed by atoms with Crippen LogP contribution in [0.3, 0.4) is 0 Å². The molecule has 2 aromatic heterocycles. The summed E-state index contributed by atoms with van der Waals surface area (Å²) >= 11 is 0. The normalized spacial score (nSPS) is 12.3. The minimum absolute atomic E-state index is 0.0230. The summed E-state index contributed by atoms with van der Waals surface area (Å²) in [5, 5.41) is 0. The molecule has 5 heteroatoms. The number of hydrogen-bond acceptors (Lipinski definition) is 5. The number of hydrogen-bond donors (Lipinski definition) is 3. The predicted molar refractivity (Wildman–Crippen MR) is 71.4 cm³/mol. The molecule has 5 nitrogen and oxygen atoms in total. The van der Waals surface area contributed by atoms with Gasteiger partial charge in [0.25, 0.3) is 0 Å². The number of anilines is 1. The smallest absolute Gasteiger partial charge is 0.126 e. The number of rotatable bonds is 4. The van der Waals surface area contributed by atoms with Crippen LogP contribution in [0.15, 0.2) is 36.8 Å². The van der Waals surface area contributed by atoms with Gasteiger partial charge in [-0.2, -0.15) is 0 Å². The minimum Gasteiger partial charge on any atom is -0.383 e. The maximum Gasteiger partial charge on any atom is 0.126 e. The van der Waals surface area contributed by atoms with Crippen LogP contribution >= 0.6 is 0 Å². The second-order valence-electron chi connectivity index (χ2n) is 4.20. The molecule has 18 heavy (non-hydrogen) atoms. The van der Waals surface area contributed by atoms with Crippen LogP contribution in [-0.2, 0) is 6.42 Å². The van der Waals surface area contributed by atoms with E-state index in [1.807, 2.05) is 31.3 Å². The van der Waals surface area contributed by atoms with Gasteiger partial charge in [-0.25, -0.2) is 4.98 Å². The number of aryl methyl sites for hydroxylation is 1. The molecule has 0 amide bonds. The van der Waals surface area contributed by atoms with Gasteiger partial charge in [0.05, 0.1) is 6.04 Å². The fourth-order valence-electron chi connectivity index (χ4n) is 1.94. The Kier molecular flexibility index (Phi) is 3.86. The maximum atomic E-state index is 5.84. The zero-order valence-electron chi connectivity index (χ0n) is 10.3. The van der Waals surface area contributed by atoms with Crippen LogP contribution in [0.1, 0.15) is 22.7 Å². The van der Waals surface area contributed by atoms with Gasteiger partial charge in [0, 0.05) is 18.6 Å². The van der Waals surface area contributed by atoms with Crippen molar-refractivity contribution in [1.82, 2.24) is 15.4 Å². The second-order valence-corrected chi connectivity index (χ2v) is 4.20. The first-order chi connectivity index (χ1) is 8.72. The van der Waals surface area contributed by atoms with Gasteiger partial charge in [0.15, 0.2) is 0 Å². The van der Waals surface area contributed by atoms with Gasteiger partial charge in [0.2, 0.25) is 0 Å². The molecule has 1 atom stereocenters. The highest BCUT2D eigenvalue weighted by Gasteiger charge is 2.14. The summed E-state index contributed by atoms with van der Waals surface area (Å²) in [6.07, 6.45) is 5.96. The fourth-order valence-corrected chi connectivity index (χ4v) is 1.94. The molecule has 1 unspecified atom stereocenters. The molecule has 0 fully saturated rings. The fraction of sp³-hybridized carbons (Fsp3) is 0.231. The summed E-state index contributed by atoms with van der Waals surface area (Å²) in [6, 6.07) is 5.77. The largest absolute Gasteiger partial charge is 0.383 e. The molecular weight excluding hydrogens is 226 g/mol. The first-order valence-corrected chi connectivity index (χ1v) is 5.78. The SMILES string of the molecule is Cc1ccncc1C(Cc1cccnc1N)NN. The van der Waals surface area contributed by atoms with Crippen molar-refractivity contribution < 1.29 is 0 Å². The van der Waals surface area contributed by atoms with Crippen molar-refractivity contribution in [2.45, 2.75) is 19.4 Å². The molecule has 2 rings (SSSR count). The van der Waals surface area contributed by atoms with E-state index in [9.17, 15) is 0 Å². The number of nitrogens with one attached hydrogen (secondary N) is 1. The van der Waals surface area contributed by atoms with E-state index >= 15 is 0 Å². The van der Waals surface area contributed by atoms with Gasteiger partial charge in [0.1, 0.15) is 5.82 Å². The Balaban J connectivity index is 2.26. The second kappa shape index (κ2) is 5.57. The van der Waals surface area contributed by atoms with Crippen molar-refractivity contribution in [2.24, 2.45) is 5.84 Å². The van der Waals surface area contributed by atoms with E-state index in [4.69, 9.17) is 11.6 Å². The molecule has 0 radical (unpaired) electrons. The van der Waals surface area contributed by atoms with Crippen molar-refractivity contribution in [1.29, 1.82) is 0 Å². The molecule has 0 spiro atoms. The molecule has 0 saturated carbocycles. The third-order valence-corrected chi connectivity index (χ3v) is 3.01. The number of nitrogens with two attached hydrogens (primary N) is 2. The van der Waals surface area contributed by atoms with E-state index in [0.717, 1.165) is 16.7 Å². The minimum atomic E-state index is -0.0230. The third-order valence-electron chi connectivity index (χ3n) is 3.01. The molecule has 2 aromatic rings. The maximum absolute atomic E-state index is 5.84. The van der Waals surface area contributed by atoms with Crippen LogP contribution in [0.5, 0.6) is 0 Å². The van der Waals surface area contributed by atoms with Crippen LogP contribution in [0, 0.1) is 6.92 Å². The molecule has 0 aromatic carbocycles. The Hall–Kier alpha value is -1.98. The van der Waals surface area contributed by atoms with Gasteiger partial charge in [-0.3, -0.25) is 16.3 Å². The zero-order valence-corrected chi connectivity index (χ0v) is 10.3. The van der Waals surface area contributed by atoms with Crippen molar-refractivity contribution >= 4 is 5.82 Å². The first-order valence-electron chi connectivity index (χ1n) is 5.78. The Labute approximate surface area is 106 Å². The zero-order chi connectivity index (χ0) is 13.0. The molecule has 0 aliphatic rings. The van der Waals surface area contributed by atoms with E-state index in [-0.39, 0.29) is 6.04 Å². The van der Waals surface area contributed by atoms with Crippen LogP contribution in [0.25, 0.3) is 0 Å². The van der Waals surface area contributed by atoms with Crippen LogP contribution in [0.2, 0.25) is 0 Å². The monoisotopic (exact) mass is 243 g/mol. The number of hydrazine groups is 1. The van der Waals surface area contributed by atoms with E-state index in [2.05, 4.69) is 15.4 Å².